The number of aliphatic hydroxyl groups excluding tert-OH is 1. The molecular formula is C9H17NO. The Bertz CT molecular complexity index is 148. The van der Waals surface area contributed by atoms with Crippen LogP contribution in [0, 0.1) is 11.8 Å². The van der Waals surface area contributed by atoms with Crippen LogP contribution >= 0.6 is 0 Å². The number of piperidine rings is 2. The Kier molecular flexibility index (Phi) is 1.90. The predicted octanol–water partition coefficient (Wildman–Crippen LogP) is 0.709. The molecule has 2 heteroatoms. The van der Waals surface area contributed by atoms with Crippen molar-refractivity contribution in [1.82, 2.24) is 4.90 Å². The van der Waals surface area contributed by atoms with Crippen molar-refractivity contribution >= 4 is 0 Å². The molecule has 2 bridgehead atoms. The molecule has 3 rings (SSSR count). The zero-order valence-electron chi connectivity index (χ0n) is 7.16. The Hall–Kier alpha value is -0.0800. The Morgan fingerprint density at radius 2 is 2.27 bits per heavy atom. The van der Waals surface area contributed by atoms with E-state index in [1.54, 1.807) is 0 Å². The second kappa shape index (κ2) is 2.76. The lowest BCUT2D eigenvalue weighted by atomic mass is 9.73. The van der Waals surface area contributed by atoms with Gasteiger partial charge in [0.2, 0.25) is 0 Å². The molecule has 1 aliphatic carbocycles. The van der Waals surface area contributed by atoms with Crippen molar-refractivity contribution in [2.45, 2.75) is 25.3 Å². The van der Waals surface area contributed by atoms with E-state index in [1.807, 2.05) is 0 Å². The van der Waals surface area contributed by atoms with Gasteiger partial charge in [0.05, 0.1) is 0 Å². The lowest BCUT2D eigenvalue weighted by Gasteiger charge is -2.48. The molecule has 0 spiro atoms. The highest BCUT2D eigenvalue weighted by Crippen LogP contribution is 2.37. The van der Waals surface area contributed by atoms with Crippen LogP contribution in [0.15, 0.2) is 0 Å². The van der Waals surface area contributed by atoms with E-state index >= 15 is 0 Å². The minimum Gasteiger partial charge on any atom is -0.396 e. The molecule has 2 aliphatic heterocycles. The minimum absolute atomic E-state index is 0.394. The van der Waals surface area contributed by atoms with Gasteiger partial charge in [-0.3, -0.25) is 0 Å². The Morgan fingerprint density at radius 1 is 1.45 bits per heavy atom. The zero-order valence-corrected chi connectivity index (χ0v) is 7.16. The van der Waals surface area contributed by atoms with Crippen LogP contribution in [0.25, 0.3) is 0 Å². The number of fused-ring (bicyclic) bond motifs is 3. The van der Waals surface area contributed by atoms with Gasteiger partial charge in [0.1, 0.15) is 0 Å². The third-order valence-corrected chi connectivity index (χ3v) is 3.40. The number of rotatable bonds is 1. The highest BCUT2D eigenvalue weighted by molar-refractivity contribution is 4.91. The van der Waals surface area contributed by atoms with E-state index in [0.717, 1.165) is 5.92 Å². The van der Waals surface area contributed by atoms with Crippen molar-refractivity contribution in [1.29, 1.82) is 0 Å². The molecule has 0 amide bonds. The lowest BCUT2D eigenvalue weighted by Crippen LogP contribution is -2.52. The summed E-state index contributed by atoms with van der Waals surface area (Å²) in [5, 5.41) is 9.10. The maximum absolute atomic E-state index is 9.10. The predicted molar refractivity (Wildman–Crippen MR) is 44.3 cm³/mol. The molecule has 11 heavy (non-hydrogen) atoms. The van der Waals surface area contributed by atoms with Crippen LogP contribution < -0.4 is 0 Å². The van der Waals surface area contributed by atoms with Crippen LogP contribution in [0.5, 0.6) is 0 Å². The van der Waals surface area contributed by atoms with Gasteiger partial charge in [0.15, 0.2) is 0 Å². The van der Waals surface area contributed by atoms with Crippen LogP contribution in [0.1, 0.15) is 19.3 Å². The number of hydrogen-bond donors (Lipinski definition) is 1. The van der Waals surface area contributed by atoms with E-state index in [9.17, 15) is 0 Å². The second-order valence-corrected chi connectivity index (χ2v) is 4.13. The highest BCUT2D eigenvalue weighted by atomic mass is 16.3. The van der Waals surface area contributed by atoms with E-state index in [-0.39, 0.29) is 0 Å². The maximum Gasteiger partial charge on any atom is 0.0474 e. The fourth-order valence-corrected chi connectivity index (χ4v) is 2.83. The summed E-state index contributed by atoms with van der Waals surface area (Å²) in [4.78, 5) is 2.43. The molecule has 2 saturated heterocycles. The molecule has 0 radical (unpaired) electrons. The van der Waals surface area contributed by atoms with Crippen molar-refractivity contribution in [2.75, 3.05) is 20.2 Å². The van der Waals surface area contributed by atoms with Crippen molar-refractivity contribution < 1.29 is 5.11 Å². The summed E-state index contributed by atoms with van der Waals surface area (Å²) < 4.78 is 0. The van der Waals surface area contributed by atoms with Gasteiger partial charge in [-0.25, -0.2) is 0 Å². The molecule has 1 N–H and O–H groups in total. The summed E-state index contributed by atoms with van der Waals surface area (Å²) in [6, 6.07) is 0.685. The zero-order chi connectivity index (χ0) is 7.84. The van der Waals surface area contributed by atoms with Crippen LogP contribution in [-0.4, -0.2) is 36.2 Å². The van der Waals surface area contributed by atoms with Gasteiger partial charge < -0.3 is 10.0 Å². The molecule has 64 valence electrons. The van der Waals surface area contributed by atoms with Gasteiger partial charge in [-0.1, -0.05) is 0 Å². The first-order valence-electron chi connectivity index (χ1n) is 4.62. The maximum atomic E-state index is 9.10. The molecule has 2 heterocycles. The Labute approximate surface area is 68.2 Å². The average molecular weight is 155 g/mol. The number of nitrogens with zero attached hydrogens (tertiary/aromatic N) is 1. The smallest absolute Gasteiger partial charge is 0.0474 e. The number of hydrogen-bond acceptors (Lipinski definition) is 2. The first-order chi connectivity index (χ1) is 5.31. The van der Waals surface area contributed by atoms with Crippen molar-refractivity contribution in [3.8, 4) is 0 Å². The SMILES string of the molecule is CN1C[C@H]2CC[C@H]1[C@@H](CO)C2. The topological polar surface area (TPSA) is 23.5 Å². The van der Waals surface area contributed by atoms with Gasteiger partial charge in [-0.2, -0.15) is 0 Å². The highest BCUT2D eigenvalue weighted by Gasteiger charge is 2.38. The van der Waals surface area contributed by atoms with Gasteiger partial charge in [0.25, 0.3) is 0 Å². The van der Waals surface area contributed by atoms with E-state index in [0.29, 0.717) is 18.6 Å². The Morgan fingerprint density at radius 3 is 2.73 bits per heavy atom. The van der Waals surface area contributed by atoms with Crippen LogP contribution in [0.3, 0.4) is 0 Å². The molecule has 0 aromatic heterocycles. The monoisotopic (exact) mass is 155 g/mol. The summed E-state index contributed by atoms with van der Waals surface area (Å²) in [7, 11) is 2.19. The standard InChI is InChI=1S/C9H17NO/c1-10-5-7-2-3-9(10)8(4-7)6-11/h7-9,11H,2-6H2,1H3/t7-,8+,9-/m0/s1. The van der Waals surface area contributed by atoms with E-state index in [1.165, 1.54) is 25.8 Å². The molecule has 3 atom stereocenters. The van der Waals surface area contributed by atoms with Crippen molar-refractivity contribution in [3.05, 3.63) is 0 Å². The van der Waals surface area contributed by atoms with Crippen molar-refractivity contribution in [3.63, 3.8) is 0 Å². The normalized spacial score (nSPS) is 44.7. The molecule has 3 fully saturated rings. The summed E-state index contributed by atoms with van der Waals surface area (Å²) in [6.07, 6.45) is 3.98. The van der Waals surface area contributed by atoms with Crippen LogP contribution in [0.4, 0.5) is 0 Å². The molecular weight excluding hydrogens is 138 g/mol. The third kappa shape index (κ3) is 1.18. The quantitative estimate of drug-likeness (QED) is 0.603. The summed E-state index contributed by atoms with van der Waals surface area (Å²) in [5.41, 5.74) is 0. The van der Waals surface area contributed by atoms with Crippen LogP contribution in [-0.2, 0) is 0 Å². The van der Waals surface area contributed by atoms with Gasteiger partial charge in [-0.15, -0.1) is 0 Å². The molecule has 0 aromatic carbocycles. The molecule has 0 unspecified atom stereocenters. The first kappa shape index (κ1) is 7.56. The van der Waals surface area contributed by atoms with Gasteiger partial charge in [-0.05, 0) is 38.1 Å². The molecule has 1 saturated carbocycles. The summed E-state index contributed by atoms with van der Waals surface area (Å²) in [6.45, 7) is 1.66. The van der Waals surface area contributed by atoms with Crippen LogP contribution in [0.2, 0.25) is 0 Å². The second-order valence-electron chi connectivity index (χ2n) is 4.13. The lowest BCUT2D eigenvalue weighted by molar-refractivity contribution is -0.00461. The van der Waals surface area contributed by atoms with Gasteiger partial charge >= 0.3 is 0 Å². The van der Waals surface area contributed by atoms with E-state index in [2.05, 4.69) is 11.9 Å². The fraction of sp³-hybridized carbons (Fsp3) is 1.00. The summed E-state index contributed by atoms with van der Waals surface area (Å²) >= 11 is 0. The molecule has 2 nitrogen and oxygen atoms in total. The molecule has 0 aromatic rings. The van der Waals surface area contributed by atoms with Crippen molar-refractivity contribution in [2.24, 2.45) is 11.8 Å². The molecule has 3 aliphatic rings. The largest absolute Gasteiger partial charge is 0.396 e. The number of aliphatic hydroxyl groups is 1. The average Bonchev–Trinajstić information content (AvgIpc) is 2.04. The van der Waals surface area contributed by atoms with E-state index in [4.69, 9.17) is 5.11 Å². The third-order valence-electron chi connectivity index (χ3n) is 3.40. The fourth-order valence-electron chi connectivity index (χ4n) is 2.83. The first-order valence-corrected chi connectivity index (χ1v) is 4.62. The Balaban J connectivity index is 2.07. The minimum atomic E-state index is 0.394. The van der Waals surface area contributed by atoms with Gasteiger partial charge in [0, 0.05) is 19.2 Å². The van der Waals surface area contributed by atoms with E-state index < -0.39 is 0 Å². The summed E-state index contributed by atoms with van der Waals surface area (Å²) in [5.74, 6) is 1.45.